The molecule has 4 amide bonds. The van der Waals surface area contributed by atoms with Crippen molar-refractivity contribution in [3.63, 3.8) is 0 Å². The summed E-state index contributed by atoms with van der Waals surface area (Å²) < 4.78 is 6.00. The van der Waals surface area contributed by atoms with E-state index in [9.17, 15) is 19.6 Å². The second-order valence-electron chi connectivity index (χ2n) is 13.9. The quantitative estimate of drug-likeness (QED) is 0.143. The molecule has 0 saturated carbocycles. The van der Waals surface area contributed by atoms with Gasteiger partial charge in [0.2, 0.25) is 0 Å². The van der Waals surface area contributed by atoms with Gasteiger partial charge >= 0.3 is 6.03 Å². The number of rotatable bonds is 8. The van der Waals surface area contributed by atoms with Crippen molar-refractivity contribution in [1.82, 2.24) is 20.1 Å². The molecule has 5 heterocycles. The predicted octanol–water partition coefficient (Wildman–Crippen LogP) is 7.52. The van der Waals surface area contributed by atoms with Crippen LogP contribution < -0.4 is 20.3 Å². The van der Waals surface area contributed by atoms with Crippen molar-refractivity contribution in [1.29, 1.82) is 5.26 Å². The topological polar surface area (TPSA) is 131 Å². The summed E-state index contributed by atoms with van der Waals surface area (Å²) in [7, 11) is 0. The highest BCUT2D eigenvalue weighted by Gasteiger charge is 2.35. The van der Waals surface area contributed by atoms with Gasteiger partial charge in [-0.05, 0) is 108 Å². The number of pyridine rings is 1. The number of carbonyl (C=O) groups is 3. The Bertz CT molecular complexity index is 2060. The van der Waals surface area contributed by atoms with Gasteiger partial charge in [0, 0.05) is 30.9 Å². The Balaban J connectivity index is 1.08. The number of aryl methyl sites for hydroxylation is 1. The molecule has 262 valence electrons. The molecule has 2 aromatic carbocycles. The third-order valence-corrected chi connectivity index (χ3v) is 11.0. The summed E-state index contributed by atoms with van der Waals surface area (Å²) in [6, 6.07) is 18.3. The fourth-order valence-corrected chi connectivity index (χ4v) is 8.33. The number of ether oxygens (including phenoxy) is 1. The van der Waals surface area contributed by atoms with Gasteiger partial charge in [0.15, 0.2) is 0 Å². The van der Waals surface area contributed by atoms with Gasteiger partial charge in [0.25, 0.3) is 11.8 Å². The molecule has 3 aliphatic heterocycles. The maximum absolute atomic E-state index is 13.8. The Morgan fingerprint density at radius 1 is 1.04 bits per heavy atom. The summed E-state index contributed by atoms with van der Waals surface area (Å²) in [5.74, 6) is 0.718. The molecule has 2 aromatic heterocycles. The van der Waals surface area contributed by atoms with Gasteiger partial charge in [-0.3, -0.25) is 19.4 Å². The number of piperidine rings is 2. The first kappa shape index (κ1) is 34.2. The average molecular weight is 704 g/mol. The number of para-hydroxylation sites is 1. The Morgan fingerprint density at radius 3 is 2.57 bits per heavy atom. The average Bonchev–Trinajstić information content (AvgIpc) is 3.51. The zero-order valence-corrected chi connectivity index (χ0v) is 29.9. The van der Waals surface area contributed by atoms with Crippen LogP contribution in [-0.2, 0) is 4.79 Å². The van der Waals surface area contributed by atoms with E-state index in [-0.39, 0.29) is 29.5 Å². The van der Waals surface area contributed by atoms with Crippen molar-refractivity contribution in [2.24, 2.45) is 0 Å². The smallest absolute Gasteiger partial charge is 0.331 e. The summed E-state index contributed by atoms with van der Waals surface area (Å²) >= 11 is 1.22. The molecule has 0 aliphatic carbocycles. The fourth-order valence-electron chi connectivity index (χ4n) is 7.31. The third kappa shape index (κ3) is 6.92. The summed E-state index contributed by atoms with van der Waals surface area (Å²) in [6.45, 7) is 8.72. The molecule has 4 aromatic rings. The molecular weight excluding hydrogens is 663 g/mol. The van der Waals surface area contributed by atoms with E-state index >= 15 is 0 Å². The lowest BCUT2D eigenvalue weighted by Gasteiger charge is -2.39. The molecule has 1 atom stereocenters. The number of benzene rings is 2. The number of urea groups is 1. The maximum atomic E-state index is 13.8. The number of aromatic nitrogens is 1. The van der Waals surface area contributed by atoms with Gasteiger partial charge in [0.05, 0.1) is 22.4 Å². The Morgan fingerprint density at radius 2 is 1.82 bits per heavy atom. The first-order chi connectivity index (χ1) is 24.6. The molecule has 12 heteroatoms. The molecule has 2 N–H and O–H groups in total. The monoisotopic (exact) mass is 703 g/mol. The Hall–Kier alpha value is -5.25. The lowest BCUT2D eigenvalue weighted by Crippen LogP contribution is -2.50. The largest absolute Gasteiger partial charge is 0.457 e. The maximum Gasteiger partial charge on any atom is 0.331 e. The molecule has 51 heavy (non-hydrogen) atoms. The first-order valence-corrected chi connectivity index (χ1v) is 18.3. The number of carbonyl (C=O) groups excluding carboxylic acids is 3. The molecule has 3 aliphatic rings. The van der Waals surface area contributed by atoms with Crippen molar-refractivity contribution in [3.8, 4) is 17.6 Å². The van der Waals surface area contributed by atoms with Crippen LogP contribution in [-0.4, -0.2) is 70.4 Å². The second kappa shape index (κ2) is 14.2. The van der Waals surface area contributed by atoms with E-state index in [1.54, 1.807) is 28.1 Å². The standard InChI is InChI=1S/C39H41N7O4S/c1-25-21-29(50-28-12-6-4-7-13-28)14-15-30(25)46-31-16-17-41-36-32(31)33(43-38(46)49)34(51-36)35(47)42-27-11-10-18-44(24-27)37(48)26(23-40)22-39(2,3)45-19-8-5-9-20-45/h4,6-7,12-17,21-22,27H,5,8-11,18-20,24H2,1-3H3,(H,42,47)(H,43,49)/b26-22+/t27-/m1/s1. The number of hydrogen-bond acceptors (Lipinski definition) is 8. The lowest BCUT2D eigenvalue weighted by atomic mass is 9.95. The van der Waals surface area contributed by atoms with Gasteiger partial charge in [-0.25, -0.2) is 9.78 Å². The molecule has 0 bridgehead atoms. The van der Waals surface area contributed by atoms with Crippen LogP contribution in [0.3, 0.4) is 0 Å². The lowest BCUT2D eigenvalue weighted by molar-refractivity contribution is -0.128. The van der Waals surface area contributed by atoms with Crippen molar-refractivity contribution in [2.45, 2.75) is 64.5 Å². The molecule has 2 saturated heterocycles. The van der Waals surface area contributed by atoms with Crippen LogP contribution in [0.1, 0.15) is 61.2 Å². The second-order valence-corrected chi connectivity index (χ2v) is 14.9. The first-order valence-electron chi connectivity index (χ1n) is 17.5. The molecular formula is C39H41N7O4S. The minimum Gasteiger partial charge on any atom is -0.457 e. The van der Waals surface area contributed by atoms with E-state index in [1.807, 2.05) is 55.5 Å². The highest BCUT2D eigenvalue weighted by Crippen LogP contribution is 2.46. The van der Waals surface area contributed by atoms with Crippen LogP contribution in [0.2, 0.25) is 0 Å². The minimum atomic E-state index is -0.418. The number of anilines is 3. The van der Waals surface area contributed by atoms with Crippen LogP contribution in [0, 0.1) is 18.3 Å². The molecule has 0 spiro atoms. The van der Waals surface area contributed by atoms with Crippen LogP contribution in [0.15, 0.2) is 72.4 Å². The Kier molecular flexibility index (Phi) is 9.50. The zero-order chi connectivity index (χ0) is 35.7. The van der Waals surface area contributed by atoms with E-state index in [1.165, 1.54) is 17.8 Å². The predicted molar refractivity (Wildman–Crippen MR) is 199 cm³/mol. The highest BCUT2D eigenvalue weighted by molar-refractivity contribution is 7.21. The van der Waals surface area contributed by atoms with Crippen LogP contribution in [0.4, 0.5) is 21.9 Å². The van der Waals surface area contributed by atoms with E-state index in [0.717, 1.165) is 31.5 Å². The summed E-state index contributed by atoms with van der Waals surface area (Å²) in [4.78, 5) is 52.3. The van der Waals surface area contributed by atoms with E-state index in [0.29, 0.717) is 69.6 Å². The molecule has 0 radical (unpaired) electrons. The molecule has 11 nitrogen and oxygen atoms in total. The van der Waals surface area contributed by atoms with Crippen LogP contribution in [0.5, 0.6) is 11.5 Å². The number of nitrogens with zero attached hydrogens (tertiary/aromatic N) is 5. The zero-order valence-electron chi connectivity index (χ0n) is 29.1. The van der Waals surface area contributed by atoms with E-state index < -0.39 is 5.54 Å². The number of hydrogen-bond donors (Lipinski definition) is 2. The fraction of sp³-hybridized carbons (Fsp3) is 0.359. The number of nitriles is 1. The number of amides is 4. The summed E-state index contributed by atoms with van der Waals surface area (Å²) in [6.07, 6.45) is 8.25. The molecule has 2 fully saturated rings. The normalized spacial score (nSPS) is 18.3. The SMILES string of the molecule is Cc1cc(Oc2ccccc2)ccc1N1C(=O)Nc2c(C(=O)N[C@@H]3CCCN(C(=O)/C(C#N)=C/C(C)(C)N4CCCCC4)C3)sc3nccc1c23. The van der Waals surface area contributed by atoms with Crippen molar-refractivity contribution in [2.75, 3.05) is 36.4 Å². The number of likely N-dealkylation sites (tertiary alicyclic amines) is 2. The summed E-state index contributed by atoms with van der Waals surface area (Å²) in [5.41, 5.74) is 2.29. The van der Waals surface area contributed by atoms with E-state index in [2.05, 4.69) is 40.4 Å². The molecule has 7 rings (SSSR count). The van der Waals surface area contributed by atoms with Crippen molar-refractivity contribution >= 4 is 56.5 Å². The van der Waals surface area contributed by atoms with Crippen LogP contribution in [0.25, 0.3) is 10.2 Å². The third-order valence-electron chi connectivity index (χ3n) is 9.90. The highest BCUT2D eigenvalue weighted by atomic mass is 32.1. The van der Waals surface area contributed by atoms with Gasteiger partial charge in [-0.15, -0.1) is 11.3 Å². The summed E-state index contributed by atoms with van der Waals surface area (Å²) in [5, 5.41) is 16.8. The van der Waals surface area contributed by atoms with Gasteiger partial charge in [-0.1, -0.05) is 24.6 Å². The molecule has 0 unspecified atom stereocenters. The number of nitrogens with one attached hydrogen (secondary N) is 2. The van der Waals surface area contributed by atoms with E-state index in [4.69, 9.17) is 4.74 Å². The van der Waals surface area contributed by atoms with Crippen LogP contribution >= 0.6 is 11.3 Å². The van der Waals surface area contributed by atoms with Gasteiger partial charge in [0.1, 0.15) is 32.8 Å². The Labute approximate surface area is 301 Å². The van der Waals surface area contributed by atoms with Gasteiger partial charge in [-0.2, -0.15) is 5.26 Å². The number of thiophene rings is 1. The minimum absolute atomic E-state index is 0.131. The van der Waals surface area contributed by atoms with Crippen molar-refractivity contribution in [3.05, 3.63) is 82.9 Å². The van der Waals surface area contributed by atoms with Crippen molar-refractivity contribution < 1.29 is 19.1 Å². The van der Waals surface area contributed by atoms with Gasteiger partial charge < -0.3 is 20.3 Å².